The molecular weight excluding hydrogens is 542 g/mol. The van der Waals surface area contributed by atoms with Crippen LogP contribution in [-0.4, -0.2) is 4.98 Å². The topological polar surface area (TPSA) is 15.8 Å². The van der Waals surface area contributed by atoms with Gasteiger partial charge in [-0.25, -0.2) is 0 Å². The number of rotatable bonds is 0. The highest BCUT2D eigenvalue weighted by atomic mass is 14.7. The molecule has 8 aromatic rings. The van der Waals surface area contributed by atoms with Crippen molar-refractivity contribution in [2.45, 2.75) is 10.8 Å². The number of hydrogen-bond donors (Lipinski definition) is 1. The summed E-state index contributed by atoms with van der Waals surface area (Å²) in [4.78, 5) is 3.78. The third-order valence-corrected chi connectivity index (χ3v) is 11.1. The quantitative estimate of drug-likeness (QED) is 0.187. The average Bonchev–Trinajstić information content (AvgIpc) is 3.72. The number of aromatic amines is 1. The maximum absolute atomic E-state index is 3.78. The van der Waals surface area contributed by atoms with E-state index in [1.807, 2.05) is 0 Å². The number of fused-ring (bicyclic) bond motifs is 19. The van der Waals surface area contributed by atoms with E-state index in [0.29, 0.717) is 0 Å². The van der Waals surface area contributed by atoms with Gasteiger partial charge in [0, 0.05) is 21.8 Å². The molecule has 2 spiro atoms. The summed E-state index contributed by atoms with van der Waals surface area (Å²) >= 11 is 0. The summed E-state index contributed by atoms with van der Waals surface area (Å²) in [5.74, 6) is 0. The number of aromatic nitrogens is 1. The van der Waals surface area contributed by atoms with Gasteiger partial charge in [-0.2, -0.15) is 0 Å². The molecule has 0 aliphatic heterocycles. The Morgan fingerprint density at radius 2 is 0.689 bits per heavy atom. The summed E-state index contributed by atoms with van der Waals surface area (Å²) in [5, 5.41) is 2.56. The highest BCUT2D eigenvalue weighted by Crippen LogP contribution is 2.67. The van der Waals surface area contributed by atoms with Gasteiger partial charge in [0.2, 0.25) is 0 Å². The number of H-pyrrole nitrogens is 1. The number of nitrogens with one attached hydrogen (secondary N) is 1. The van der Waals surface area contributed by atoms with Gasteiger partial charge in [-0.15, -0.1) is 0 Å². The van der Waals surface area contributed by atoms with Crippen LogP contribution in [0.25, 0.3) is 44.1 Å². The molecule has 0 unspecified atom stereocenters. The van der Waals surface area contributed by atoms with E-state index < -0.39 is 10.8 Å². The smallest absolute Gasteiger partial charge is 0.0720 e. The summed E-state index contributed by atoms with van der Waals surface area (Å²) in [6.07, 6.45) is 0. The summed E-state index contributed by atoms with van der Waals surface area (Å²) < 4.78 is 0. The Bertz CT molecular complexity index is 2470. The van der Waals surface area contributed by atoms with E-state index >= 15 is 0 Å². The van der Waals surface area contributed by atoms with Crippen LogP contribution in [0.4, 0.5) is 0 Å². The van der Waals surface area contributed by atoms with Crippen molar-refractivity contribution in [3.63, 3.8) is 0 Å². The van der Waals surface area contributed by atoms with Gasteiger partial charge < -0.3 is 4.98 Å². The largest absolute Gasteiger partial charge is 0.355 e. The lowest BCUT2D eigenvalue weighted by Gasteiger charge is -2.48. The molecule has 11 rings (SSSR count). The fourth-order valence-electron chi connectivity index (χ4n) is 9.58. The fraction of sp³-hybridized carbons (Fsp3) is 0.0455. The average molecular weight is 570 g/mol. The van der Waals surface area contributed by atoms with Crippen LogP contribution in [0.3, 0.4) is 0 Å². The van der Waals surface area contributed by atoms with Crippen LogP contribution >= 0.6 is 0 Å². The Balaban J connectivity index is 1.35. The Kier molecular flexibility index (Phi) is 4.27. The van der Waals surface area contributed by atoms with Gasteiger partial charge in [0.05, 0.1) is 10.8 Å². The second kappa shape index (κ2) is 8.08. The van der Waals surface area contributed by atoms with Gasteiger partial charge in [0.1, 0.15) is 0 Å². The molecule has 1 nitrogen and oxygen atoms in total. The van der Waals surface area contributed by atoms with Crippen molar-refractivity contribution in [1.29, 1.82) is 0 Å². The molecule has 1 aromatic heterocycles. The number of para-hydroxylation sites is 1. The third kappa shape index (κ3) is 2.57. The molecule has 1 heterocycles. The van der Waals surface area contributed by atoms with Crippen molar-refractivity contribution in [1.82, 2.24) is 4.98 Å². The maximum atomic E-state index is 3.78. The number of hydrogen-bond acceptors (Lipinski definition) is 0. The van der Waals surface area contributed by atoms with E-state index in [0.717, 1.165) is 0 Å². The predicted octanol–water partition coefficient (Wildman–Crippen LogP) is 10.4. The van der Waals surface area contributed by atoms with E-state index in [1.165, 1.54) is 88.6 Å². The van der Waals surface area contributed by atoms with Crippen molar-refractivity contribution in [2.24, 2.45) is 0 Å². The SMILES string of the molecule is c1ccc2c(c1)-c1ccccc1C21c2ccccc2C2(c3ccccc3-c3cc4c(cc32)[nH]c2ccccc24)c2ccccc21. The molecule has 7 aromatic carbocycles. The third-order valence-electron chi connectivity index (χ3n) is 11.1. The molecule has 1 N–H and O–H groups in total. The molecule has 3 aliphatic rings. The van der Waals surface area contributed by atoms with E-state index in [4.69, 9.17) is 0 Å². The molecule has 3 aliphatic carbocycles. The van der Waals surface area contributed by atoms with Crippen LogP contribution in [0.1, 0.15) is 44.5 Å². The van der Waals surface area contributed by atoms with Crippen LogP contribution in [0.15, 0.2) is 158 Å². The summed E-state index contributed by atoms with van der Waals surface area (Å²) in [6, 6.07) is 59.5. The highest BCUT2D eigenvalue weighted by Gasteiger charge is 2.58. The zero-order chi connectivity index (χ0) is 29.3. The first-order valence-corrected chi connectivity index (χ1v) is 15.9. The predicted molar refractivity (Wildman–Crippen MR) is 184 cm³/mol. The first-order chi connectivity index (χ1) is 22.3. The summed E-state index contributed by atoms with van der Waals surface area (Å²) in [6.45, 7) is 0. The zero-order valence-corrected chi connectivity index (χ0v) is 24.5. The standard InChI is InChI=1S/C44H27N/c1-5-17-33-27(13-1)28-14-2-6-18-34(28)43(33)36-20-8-10-22-38(36)44(39-23-11-9-21-37(39)43)35-19-7-3-15-29(35)31-25-32-30-16-4-12-24-41(30)45-42(32)26-40(31)44/h1-26,45H. The minimum atomic E-state index is -0.456. The van der Waals surface area contributed by atoms with Crippen molar-refractivity contribution >= 4 is 21.8 Å². The van der Waals surface area contributed by atoms with Crippen LogP contribution in [0.2, 0.25) is 0 Å². The lowest BCUT2D eigenvalue weighted by molar-refractivity contribution is 0.633. The van der Waals surface area contributed by atoms with E-state index in [-0.39, 0.29) is 0 Å². The van der Waals surface area contributed by atoms with Gasteiger partial charge in [-0.1, -0.05) is 140 Å². The zero-order valence-electron chi connectivity index (χ0n) is 24.5. The van der Waals surface area contributed by atoms with E-state index in [9.17, 15) is 0 Å². The second-order valence-electron chi connectivity index (χ2n) is 12.8. The molecule has 0 amide bonds. The fourth-order valence-corrected chi connectivity index (χ4v) is 9.58. The normalized spacial score (nSPS) is 15.5. The van der Waals surface area contributed by atoms with E-state index in [1.54, 1.807) is 0 Å². The van der Waals surface area contributed by atoms with Gasteiger partial charge >= 0.3 is 0 Å². The number of benzene rings is 7. The molecule has 0 saturated carbocycles. The minimum Gasteiger partial charge on any atom is -0.355 e. The first kappa shape index (κ1) is 23.8. The summed E-state index contributed by atoms with van der Waals surface area (Å²) in [7, 11) is 0. The van der Waals surface area contributed by atoms with Crippen molar-refractivity contribution in [3.05, 3.63) is 202 Å². The van der Waals surface area contributed by atoms with Crippen molar-refractivity contribution in [3.8, 4) is 22.3 Å². The Morgan fingerprint density at radius 1 is 0.289 bits per heavy atom. The maximum Gasteiger partial charge on any atom is 0.0720 e. The van der Waals surface area contributed by atoms with Gasteiger partial charge in [-0.3, -0.25) is 0 Å². The Morgan fingerprint density at radius 3 is 1.22 bits per heavy atom. The van der Waals surface area contributed by atoms with Crippen LogP contribution in [0, 0.1) is 0 Å². The Hall–Kier alpha value is -5.66. The molecule has 0 saturated heterocycles. The lowest BCUT2D eigenvalue weighted by Crippen LogP contribution is -2.43. The van der Waals surface area contributed by atoms with Gasteiger partial charge in [-0.05, 0) is 85.0 Å². The van der Waals surface area contributed by atoms with Crippen LogP contribution in [-0.2, 0) is 10.8 Å². The monoisotopic (exact) mass is 569 g/mol. The van der Waals surface area contributed by atoms with Crippen molar-refractivity contribution < 1.29 is 0 Å². The van der Waals surface area contributed by atoms with Crippen molar-refractivity contribution in [2.75, 3.05) is 0 Å². The van der Waals surface area contributed by atoms with Gasteiger partial charge in [0.15, 0.2) is 0 Å². The highest BCUT2D eigenvalue weighted by molar-refractivity contribution is 6.10. The lowest BCUT2D eigenvalue weighted by atomic mass is 9.52. The summed E-state index contributed by atoms with van der Waals surface area (Å²) in [5.41, 5.74) is 17.8. The van der Waals surface area contributed by atoms with Crippen LogP contribution < -0.4 is 0 Å². The van der Waals surface area contributed by atoms with E-state index in [2.05, 4.69) is 163 Å². The second-order valence-corrected chi connectivity index (χ2v) is 12.8. The molecular formula is C44H27N. The minimum absolute atomic E-state index is 0.408. The molecule has 45 heavy (non-hydrogen) atoms. The van der Waals surface area contributed by atoms with Gasteiger partial charge in [0.25, 0.3) is 0 Å². The molecule has 208 valence electrons. The molecule has 0 radical (unpaired) electrons. The first-order valence-electron chi connectivity index (χ1n) is 15.9. The molecule has 1 heteroatoms. The molecule has 0 fully saturated rings. The molecule has 0 bridgehead atoms. The molecule has 0 atom stereocenters. The van der Waals surface area contributed by atoms with Crippen LogP contribution in [0.5, 0.6) is 0 Å². The Labute approximate surface area is 261 Å².